The van der Waals surface area contributed by atoms with Crippen LogP contribution < -0.4 is 10.2 Å². The molecule has 0 spiro atoms. The van der Waals surface area contributed by atoms with E-state index in [0.29, 0.717) is 49.3 Å². The smallest absolute Gasteiger partial charge is 0.321 e. The molecule has 2 aromatic carbocycles. The average molecular weight is 436 g/mol. The highest BCUT2D eigenvalue weighted by Gasteiger charge is 2.25. The van der Waals surface area contributed by atoms with Crippen LogP contribution in [0.4, 0.5) is 21.9 Å². The van der Waals surface area contributed by atoms with Gasteiger partial charge >= 0.3 is 6.03 Å². The van der Waals surface area contributed by atoms with Crippen molar-refractivity contribution >= 4 is 23.1 Å². The third-order valence-electron chi connectivity index (χ3n) is 5.33. The highest BCUT2D eigenvalue weighted by molar-refractivity contribution is 5.89. The number of para-hydroxylation sites is 2. The molecule has 2 heterocycles. The molecule has 1 N–H and O–H groups in total. The molecule has 3 aromatic rings. The van der Waals surface area contributed by atoms with E-state index in [1.165, 1.54) is 6.07 Å². The number of nitrogens with one attached hydrogen (secondary N) is 1. The van der Waals surface area contributed by atoms with Crippen molar-refractivity contribution in [1.29, 1.82) is 0 Å². The van der Waals surface area contributed by atoms with Crippen LogP contribution in [-0.2, 0) is 0 Å². The number of piperazine rings is 1. The molecule has 1 fully saturated rings. The minimum absolute atomic E-state index is 0.0762. The Bertz CT molecular complexity index is 1100. The number of anilines is 2. The Kier molecular flexibility index (Phi) is 6.02. The molecule has 166 valence electrons. The summed E-state index contributed by atoms with van der Waals surface area (Å²) in [6, 6.07) is 13.7. The first-order valence-electron chi connectivity index (χ1n) is 10.4. The lowest BCUT2D eigenvalue weighted by Gasteiger charge is -2.35. The lowest BCUT2D eigenvalue weighted by atomic mass is 10.2. The van der Waals surface area contributed by atoms with Gasteiger partial charge < -0.3 is 19.6 Å². The number of carbonyl (C=O) groups is 1. The van der Waals surface area contributed by atoms with Gasteiger partial charge in [0.05, 0.1) is 4.92 Å². The number of carbonyl (C=O) groups excluding carboxylic acids is 1. The third kappa shape index (κ3) is 4.53. The monoisotopic (exact) mass is 436 g/mol. The van der Waals surface area contributed by atoms with E-state index in [9.17, 15) is 14.9 Å². The van der Waals surface area contributed by atoms with Gasteiger partial charge in [0.15, 0.2) is 5.82 Å². The predicted molar refractivity (Wildman–Crippen MR) is 120 cm³/mol. The van der Waals surface area contributed by atoms with Crippen LogP contribution in [0.15, 0.2) is 53.1 Å². The van der Waals surface area contributed by atoms with Gasteiger partial charge in [-0.2, -0.15) is 4.98 Å². The van der Waals surface area contributed by atoms with E-state index in [4.69, 9.17) is 4.52 Å². The van der Waals surface area contributed by atoms with Gasteiger partial charge in [-0.15, -0.1) is 0 Å². The highest BCUT2D eigenvalue weighted by Crippen LogP contribution is 2.28. The quantitative estimate of drug-likeness (QED) is 0.472. The lowest BCUT2D eigenvalue weighted by Crippen LogP contribution is -2.50. The molecular weight excluding hydrogens is 412 g/mol. The summed E-state index contributed by atoms with van der Waals surface area (Å²) >= 11 is 0. The van der Waals surface area contributed by atoms with Crippen LogP contribution in [0, 0.1) is 10.1 Å². The summed E-state index contributed by atoms with van der Waals surface area (Å²) in [6.45, 7) is 5.97. The van der Waals surface area contributed by atoms with E-state index in [2.05, 4.69) is 15.5 Å². The summed E-state index contributed by atoms with van der Waals surface area (Å²) in [5.41, 5.74) is 2.09. The second-order valence-corrected chi connectivity index (χ2v) is 7.84. The maximum Gasteiger partial charge on any atom is 0.321 e. The number of rotatable bonds is 5. The van der Waals surface area contributed by atoms with Crippen molar-refractivity contribution in [1.82, 2.24) is 15.0 Å². The molecule has 0 atom stereocenters. The minimum atomic E-state index is -0.379. The van der Waals surface area contributed by atoms with Gasteiger partial charge in [0.1, 0.15) is 5.69 Å². The molecule has 1 aliphatic heterocycles. The number of benzene rings is 2. The molecule has 0 saturated carbocycles. The standard InChI is InChI=1S/C22H24N6O4/c1-15(2)20-24-21(32-25-20)16-7-9-17(10-8-16)23-22(29)27-13-11-26(12-14-27)18-5-3-4-6-19(18)28(30)31/h3-10,15H,11-14H2,1-2H3,(H,23,29). The van der Waals surface area contributed by atoms with Crippen LogP contribution in [0.1, 0.15) is 25.6 Å². The van der Waals surface area contributed by atoms with Crippen LogP contribution in [0.2, 0.25) is 0 Å². The Labute approximate surface area is 185 Å². The molecule has 0 aliphatic carbocycles. The van der Waals surface area contributed by atoms with E-state index >= 15 is 0 Å². The molecule has 1 aliphatic rings. The molecule has 0 bridgehead atoms. The molecule has 1 saturated heterocycles. The number of urea groups is 1. The molecule has 0 radical (unpaired) electrons. The lowest BCUT2D eigenvalue weighted by molar-refractivity contribution is -0.384. The highest BCUT2D eigenvalue weighted by atomic mass is 16.6. The van der Waals surface area contributed by atoms with E-state index < -0.39 is 0 Å². The number of nitro groups is 1. The van der Waals surface area contributed by atoms with Gasteiger partial charge in [0.2, 0.25) is 0 Å². The molecule has 32 heavy (non-hydrogen) atoms. The Morgan fingerprint density at radius 3 is 2.41 bits per heavy atom. The van der Waals surface area contributed by atoms with Crippen molar-refractivity contribution in [2.75, 3.05) is 36.4 Å². The fraction of sp³-hybridized carbons (Fsp3) is 0.318. The second-order valence-electron chi connectivity index (χ2n) is 7.84. The third-order valence-corrected chi connectivity index (χ3v) is 5.33. The minimum Gasteiger partial charge on any atom is -0.362 e. The van der Waals surface area contributed by atoms with Gasteiger partial charge in [0.25, 0.3) is 11.6 Å². The number of hydrogen-bond donors (Lipinski definition) is 1. The average Bonchev–Trinajstić information content (AvgIpc) is 3.30. The summed E-state index contributed by atoms with van der Waals surface area (Å²) in [7, 11) is 0. The van der Waals surface area contributed by atoms with Gasteiger partial charge in [-0.05, 0) is 30.3 Å². The number of hydrogen-bond acceptors (Lipinski definition) is 7. The van der Waals surface area contributed by atoms with E-state index in [1.54, 1.807) is 35.2 Å². The zero-order chi connectivity index (χ0) is 22.7. The maximum absolute atomic E-state index is 12.7. The summed E-state index contributed by atoms with van der Waals surface area (Å²) in [4.78, 5) is 31.6. The van der Waals surface area contributed by atoms with Crippen LogP contribution in [0.3, 0.4) is 0 Å². The predicted octanol–water partition coefficient (Wildman–Crippen LogP) is 4.12. The fourth-order valence-corrected chi connectivity index (χ4v) is 3.52. The van der Waals surface area contributed by atoms with Crippen molar-refractivity contribution in [3.05, 3.63) is 64.5 Å². The zero-order valence-electron chi connectivity index (χ0n) is 17.9. The normalized spacial score (nSPS) is 14.0. The summed E-state index contributed by atoms with van der Waals surface area (Å²) < 4.78 is 5.29. The van der Waals surface area contributed by atoms with Crippen molar-refractivity contribution in [3.8, 4) is 11.5 Å². The van der Waals surface area contributed by atoms with E-state index in [-0.39, 0.29) is 22.6 Å². The van der Waals surface area contributed by atoms with Crippen LogP contribution >= 0.6 is 0 Å². The largest absolute Gasteiger partial charge is 0.362 e. The maximum atomic E-state index is 12.7. The SMILES string of the molecule is CC(C)c1noc(-c2ccc(NC(=O)N3CCN(c4ccccc4[N+](=O)[O-])CC3)cc2)n1. The first kappa shape index (κ1) is 21.3. The summed E-state index contributed by atoms with van der Waals surface area (Å²) in [5.74, 6) is 1.27. The first-order chi connectivity index (χ1) is 15.4. The number of nitrogens with zero attached hydrogens (tertiary/aromatic N) is 5. The van der Waals surface area contributed by atoms with Crippen molar-refractivity contribution < 1.29 is 14.2 Å². The van der Waals surface area contributed by atoms with Gasteiger partial charge in [0, 0.05) is 49.4 Å². The Balaban J connectivity index is 1.34. The van der Waals surface area contributed by atoms with Gasteiger partial charge in [-0.1, -0.05) is 31.1 Å². The summed E-state index contributed by atoms with van der Waals surface area (Å²) in [6.07, 6.45) is 0. The molecule has 10 nitrogen and oxygen atoms in total. The topological polar surface area (TPSA) is 118 Å². The van der Waals surface area contributed by atoms with Crippen LogP contribution in [0.25, 0.3) is 11.5 Å². The van der Waals surface area contributed by atoms with E-state index in [1.807, 2.05) is 30.9 Å². The second kappa shape index (κ2) is 9.04. The number of aromatic nitrogens is 2. The van der Waals surface area contributed by atoms with Crippen LogP contribution in [-0.4, -0.2) is 52.2 Å². The van der Waals surface area contributed by atoms with Crippen molar-refractivity contribution in [2.45, 2.75) is 19.8 Å². The number of amides is 2. The fourth-order valence-electron chi connectivity index (χ4n) is 3.52. The Morgan fingerprint density at radius 1 is 1.09 bits per heavy atom. The van der Waals surface area contributed by atoms with Gasteiger partial charge in [-0.3, -0.25) is 10.1 Å². The number of nitro benzene ring substituents is 1. The molecule has 1 aromatic heterocycles. The van der Waals surface area contributed by atoms with Crippen molar-refractivity contribution in [2.24, 2.45) is 0 Å². The summed E-state index contributed by atoms with van der Waals surface area (Å²) in [5, 5.41) is 18.1. The van der Waals surface area contributed by atoms with Gasteiger partial charge in [-0.25, -0.2) is 4.79 Å². The van der Waals surface area contributed by atoms with Crippen LogP contribution in [0.5, 0.6) is 0 Å². The molecular formula is C22H24N6O4. The van der Waals surface area contributed by atoms with Crippen molar-refractivity contribution in [3.63, 3.8) is 0 Å². The van der Waals surface area contributed by atoms with E-state index in [0.717, 1.165) is 5.56 Å². The Hall–Kier alpha value is -3.95. The molecule has 10 heteroatoms. The molecule has 4 rings (SSSR count). The molecule has 2 amide bonds. The Morgan fingerprint density at radius 2 is 1.78 bits per heavy atom. The zero-order valence-corrected chi connectivity index (χ0v) is 17.9. The molecule has 0 unspecified atom stereocenters. The first-order valence-corrected chi connectivity index (χ1v) is 10.4.